The Kier molecular flexibility index (Phi) is 3.56. The lowest BCUT2D eigenvalue weighted by Gasteiger charge is -2.48. The van der Waals surface area contributed by atoms with Crippen molar-refractivity contribution in [2.45, 2.75) is 57.0 Å². The van der Waals surface area contributed by atoms with Crippen molar-refractivity contribution < 1.29 is 8.42 Å². The van der Waals surface area contributed by atoms with Crippen molar-refractivity contribution in [1.82, 2.24) is 10.0 Å². The van der Waals surface area contributed by atoms with Crippen LogP contribution in [-0.2, 0) is 10.0 Å². The molecule has 1 spiro atoms. The molecule has 0 aromatic rings. The third-order valence-electron chi connectivity index (χ3n) is 3.76. The van der Waals surface area contributed by atoms with Gasteiger partial charge in [-0.3, -0.25) is 0 Å². The highest BCUT2D eigenvalue weighted by Crippen LogP contribution is 2.38. The van der Waals surface area contributed by atoms with Gasteiger partial charge in [0, 0.05) is 11.6 Å². The first kappa shape index (κ1) is 12.3. The standard InChI is InChI=1S/C11H22N2O2S/c1-2-8-16(14,15)13-10-4-7-12-11(9-10)5-3-6-11/h10,12-13H,2-9H2,1H3. The van der Waals surface area contributed by atoms with Crippen molar-refractivity contribution in [2.24, 2.45) is 0 Å². The van der Waals surface area contributed by atoms with Crippen LogP contribution in [0.5, 0.6) is 0 Å². The normalized spacial score (nSPS) is 28.9. The van der Waals surface area contributed by atoms with Gasteiger partial charge in [0.2, 0.25) is 10.0 Å². The molecular weight excluding hydrogens is 224 g/mol. The van der Waals surface area contributed by atoms with Crippen molar-refractivity contribution in [3.63, 3.8) is 0 Å². The van der Waals surface area contributed by atoms with Crippen LogP contribution in [0.2, 0.25) is 0 Å². The summed E-state index contributed by atoms with van der Waals surface area (Å²) in [7, 11) is -3.04. The lowest BCUT2D eigenvalue weighted by molar-refractivity contribution is 0.126. The van der Waals surface area contributed by atoms with Gasteiger partial charge in [0.05, 0.1) is 5.75 Å². The van der Waals surface area contributed by atoms with E-state index in [9.17, 15) is 8.42 Å². The van der Waals surface area contributed by atoms with Crippen molar-refractivity contribution in [1.29, 1.82) is 0 Å². The van der Waals surface area contributed by atoms with Gasteiger partial charge in [-0.15, -0.1) is 0 Å². The van der Waals surface area contributed by atoms with Crippen molar-refractivity contribution in [3.05, 3.63) is 0 Å². The Bertz CT molecular complexity index is 336. The highest BCUT2D eigenvalue weighted by Gasteiger charge is 2.41. The zero-order valence-corrected chi connectivity index (χ0v) is 10.8. The molecule has 2 aliphatic rings. The van der Waals surface area contributed by atoms with Gasteiger partial charge in [-0.05, 0) is 45.1 Å². The van der Waals surface area contributed by atoms with E-state index < -0.39 is 10.0 Å². The van der Waals surface area contributed by atoms with E-state index in [2.05, 4.69) is 10.0 Å². The van der Waals surface area contributed by atoms with Gasteiger partial charge in [-0.1, -0.05) is 6.92 Å². The molecule has 1 saturated heterocycles. The van der Waals surface area contributed by atoms with Crippen LogP contribution in [0.15, 0.2) is 0 Å². The molecule has 1 unspecified atom stereocenters. The van der Waals surface area contributed by atoms with Crippen LogP contribution >= 0.6 is 0 Å². The first-order valence-electron chi connectivity index (χ1n) is 6.30. The smallest absolute Gasteiger partial charge is 0.211 e. The van der Waals surface area contributed by atoms with Gasteiger partial charge in [0.15, 0.2) is 0 Å². The molecule has 1 saturated carbocycles. The van der Waals surface area contributed by atoms with Crippen molar-refractivity contribution in [2.75, 3.05) is 12.3 Å². The van der Waals surface area contributed by atoms with Gasteiger partial charge in [0.1, 0.15) is 0 Å². The van der Waals surface area contributed by atoms with Crippen LogP contribution in [0.4, 0.5) is 0 Å². The summed E-state index contributed by atoms with van der Waals surface area (Å²) in [5.41, 5.74) is 0.262. The summed E-state index contributed by atoms with van der Waals surface area (Å²) < 4.78 is 26.2. The monoisotopic (exact) mass is 246 g/mol. The topological polar surface area (TPSA) is 58.2 Å². The maximum Gasteiger partial charge on any atom is 0.211 e. The molecule has 0 aromatic heterocycles. The Balaban J connectivity index is 1.90. The van der Waals surface area contributed by atoms with Gasteiger partial charge in [-0.25, -0.2) is 13.1 Å². The number of rotatable bonds is 4. The fraction of sp³-hybridized carbons (Fsp3) is 1.00. The largest absolute Gasteiger partial charge is 0.311 e. The number of piperidine rings is 1. The van der Waals surface area contributed by atoms with Crippen molar-refractivity contribution in [3.8, 4) is 0 Å². The number of sulfonamides is 1. The van der Waals surface area contributed by atoms with E-state index in [-0.39, 0.29) is 17.3 Å². The predicted molar refractivity (Wildman–Crippen MR) is 64.8 cm³/mol. The maximum atomic E-state index is 11.7. The second-order valence-electron chi connectivity index (χ2n) is 5.19. The quantitative estimate of drug-likeness (QED) is 0.778. The molecule has 94 valence electrons. The minimum atomic E-state index is -3.04. The Hall–Kier alpha value is -0.130. The average molecular weight is 246 g/mol. The Morgan fingerprint density at radius 1 is 1.44 bits per heavy atom. The van der Waals surface area contributed by atoms with E-state index in [1.54, 1.807) is 0 Å². The second kappa shape index (κ2) is 4.63. The SMILES string of the molecule is CCCS(=O)(=O)NC1CCNC2(CCC2)C1. The van der Waals surface area contributed by atoms with Crippen LogP contribution in [-0.4, -0.2) is 32.3 Å². The fourth-order valence-corrected chi connectivity index (χ4v) is 4.19. The van der Waals surface area contributed by atoms with Crippen LogP contribution in [0.25, 0.3) is 0 Å². The fourth-order valence-electron chi connectivity index (χ4n) is 2.82. The zero-order valence-electron chi connectivity index (χ0n) is 9.96. The van der Waals surface area contributed by atoms with Gasteiger partial charge >= 0.3 is 0 Å². The summed E-state index contributed by atoms with van der Waals surface area (Å²) >= 11 is 0. The van der Waals surface area contributed by atoms with E-state index >= 15 is 0 Å². The van der Waals surface area contributed by atoms with E-state index in [1.807, 2.05) is 6.92 Å². The second-order valence-corrected chi connectivity index (χ2v) is 7.06. The Morgan fingerprint density at radius 3 is 2.75 bits per heavy atom. The molecule has 1 heterocycles. The molecule has 0 radical (unpaired) electrons. The summed E-state index contributed by atoms with van der Waals surface area (Å²) in [5, 5.41) is 3.54. The van der Waals surface area contributed by atoms with Crippen LogP contribution in [0, 0.1) is 0 Å². The molecule has 0 aromatic carbocycles. The van der Waals surface area contributed by atoms with Gasteiger partial charge < -0.3 is 5.32 Å². The van der Waals surface area contributed by atoms with E-state index in [0.717, 1.165) is 19.4 Å². The minimum Gasteiger partial charge on any atom is -0.311 e. The number of nitrogens with one attached hydrogen (secondary N) is 2. The Morgan fingerprint density at radius 2 is 2.19 bits per heavy atom. The van der Waals surface area contributed by atoms with E-state index in [1.165, 1.54) is 19.3 Å². The van der Waals surface area contributed by atoms with Crippen LogP contribution in [0.1, 0.15) is 45.4 Å². The summed E-state index contributed by atoms with van der Waals surface area (Å²) in [6.45, 7) is 2.84. The molecule has 0 bridgehead atoms. The van der Waals surface area contributed by atoms with E-state index in [4.69, 9.17) is 0 Å². The molecule has 2 rings (SSSR count). The summed E-state index contributed by atoms with van der Waals surface area (Å²) in [4.78, 5) is 0. The van der Waals surface area contributed by atoms with Crippen LogP contribution in [0.3, 0.4) is 0 Å². The molecule has 1 aliphatic carbocycles. The maximum absolute atomic E-state index is 11.7. The number of hydrogen-bond acceptors (Lipinski definition) is 3. The lowest BCUT2D eigenvalue weighted by atomic mass is 9.70. The minimum absolute atomic E-state index is 0.151. The molecule has 4 nitrogen and oxygen atoms in total. The predicted octanol–water partition coefficient (Wildman–Crippen LogP) is 0.990. The highest BCUT2D eigenvalue weighted by molar-refractivity contribution is 7.89. The van der Waals surface area contributed by atoms with Gasteiger partial charge in [0.25, 0.3) is 0 Å². The number of hydrogen-bond donors (Lipinski definition) is 2. The third-order valence-corrected chi connectivity index (χ3v) is 5.40. The first-order chi connectivity index (χ1) is 7.55. The molecule has 16 heavy (non-hydrogen) atoms. The molecule has 2 N–H and O–H groups in total. The summed E-state index contributed by atoms with van der Waals surface area (Å²) in [5.74, 6) is 0.254. The third kappa shape index (κ3) is 2.76. The molecule has 1 atom stereocenters. The molecular formula is C11H22N2O2S. The summed E-state index contributed by atoms with van der Waals surface area (Å²) in [6.07, 6.45) is 6.27. The first-order valence-corrected chi connectivity index (χ1v) is 7.95. The van der Waals surface area contributed by atoms with E-state index in [0.29, 0.717) is 6.42 Å². The van der Waals surface area contributed by atoms with Gasteiger partial charge in [-0.2, -0.15) is 0 Å². The summed E-state index contributed by atoms with van der Waals surface area (Å²) in [6, 6.07) is 0.151. The van der Waals surface area contributed by atoms with Crippen LogP contribution < -0.4 is 10.0 Å². The molecule has 2 fully saturated rings. The zero-order chi connectivity index (χ0) is 11.6. The lowest BCUT2D eigenvalue weighted by Crippen LogP contribution is -2.59. The Labute approximate surface area is 98.2 Å². The molecule has 1 aliphatic heterocycles. The highest BCUT2D eigenvalue weighted by atomic mass is 32.2. The average Bonchev–Trinajstić information content (AvgIpc) is 2.14. The molecule has 0 amide bonds. The molecule has 5 heteroatoms. The van der Waals surface area contributed by atoms with Crippen molar-refractivity contribution >= 4 is 10.0 Å².